The summed E-state index contributed by atoms with van der Waals surface area (Å²) >= 11 is 0. The zero-order valence-corrected chi connectivity index (χ0v) is 10.5. The monoisotopic (exact) mass is 245 g/mol. The molecule has 1 aliphatic rings. The Labute approximate surface area is 103 Å². The molecular weight excluding hydrogens is 226 g/mol. The van der Waals surface area contributed by atoms with Gasteiger partial charge >= 0.3 is 0 Å². The zero-order valence-electron chi connectivity index (χ0n) is 9.69. The molecule has 0 aromatic carbocycles. The van der Waals surface area contributed by atoms with Crippen LogP contribution in [-0.4, -0.2) is 29.5 Å². The Balaban J connectivity index is 0.00000128. The van der Waals surface area contributed by atoms with E-state index in [9.17, 15) is 0 Å². The van der Waals surface area contributed by atoms with Gasteiger partial charge in [0.05, 0.1) is 12.8 Å². The number of hydrogen-bond acceptors (Lipinski definition) is 3. The average molecular weight is 246 g/mol. The molecule has 0 atom stereocenters. The van der Waals surface area contributed by atoms with Crippen molar-refractivity contribution in [3.8, 4) is 0 Å². The third-order valence-electron chi connectivity index (χ3n) is 2.56. The number of nitrogens with zero attached hydrogens (tertiary/aromatic N) is 2. The molecule has 1 aromatic heterocycles. The van der Waals surface area contributed by atoms with E-state index in [0.717, 1.165) is 32.2 Å². The summed E-state index contributed by atoms with van der Waals surface area (Å²) in [6.07, 6.45) is 6.64. The van der Waals surface area contributed by atoms with Gasteiger partial charge in [0, 0.05) is 38.5 Å². The van der Waals surface area contributed by atoms with Crippen LogP contribution in [0.4, 0.5) is 0 Å². The van der Waals surface area contributed by atoms with Gasteiger partial charge in [-0.2, -0.15) is 5.10 Å². The van der Waals surface area contributed by atoms with E-state index < -0.39 is 0 Å². The summed E-state index contributed by atoms with van der Waals surface area (Å²) < 4.78 is 7.34. The summed E-state index contributed by atoms with van der Waals surface area (Å²) in [6, 6.07) is 0. The van der Waals surface area contributed by atoms with E-state index in [2.05, 4.69) is 10.4 Å². The van der Waals surface area contributed by atoms with E-state index in [4.69, 9.17) is 4.74 Å². The van der Waals surface area contributed by atoms with Crippen molar-refractivity contribution in [3.05, 3.63) is 18.0 Å². The zero-order chi connectivity index (χ0) is 10.5. The van der Waals surface area contributed by atoms with Crippen LogP contribution < -0.4 is 5.32 Å². The molecule has 1 aliphatic carbocycles. The molecule has 16 heavy (non-hydrogen) atoms. The first-order chi connectivity index (χ1) is 7.34. The van der Waals surface area contributed by atoms with Crippen LogP contribution in [0.25, 0.3) is 0 Å². The van der Waals surface area contributed by atoms with Gasteiger partial charge in [0.25, 0.3) is 0 Å². The summed E-state index contributed by atoms with van der Waals surface area (Å²) in [7, 11) is 1.93. The smallest absolute Gasteiger partial charge is 0.0591 e. The largest absolute Gasteiger partial charge is 0.380 e. The van der Waals surface area contributed by atoms with Gasteiger partial charge in [0.15, 0.2) is 0 Å². The van der Waals surface area contributed by atoms with Crippen molar-refractivity contribution in [1.29, 1.82) is 0 Å². The lowest BCUT2D eigenvalue weighted by atomic mass is 10.3. The van der Waals surface area contributed by atoms with Crippen LogP contribution in [0.15, 0.2) is 12.4 Å². The van der Waals surface area contributed by atoms with E-state index in [1.807, 2.05) is 24.1 Å². The number of halogens is 1. The van der Waals surface area contributed by atoms with Gasteiger partial charge in [-0.25, -0.2) is 0 Å². The van der Waals surface area contributed by atoms with Crippen molar-refractivity contribution < 1.29 is 4.74 Å². The maximum Gasteiger partial charge on any atom is 0.0591 e. The minimum absolute atomic E-state index is 0. The first kappa shape index (κ1) is 13.5. The van der Waals surface area contributed by atoms with Gasteiger partial charge in [0.1, 0.15) is 0 Å². The third-order valence-corrected chi connectivity index (χ3v) is 2.56. The van der Waals surface area contributed by atoms with Gasteiger partial charge in [0.2, 0.25) is 0 Å². The highest BCUT2D eigenvalue weighted by Crippen LogP contribution is 2.28. The Morgan fingerprint density at radius 2 is 2.38 bits per heavy atom. The van der Waals surface area contributed by atoms with Gasteiger partial charge in [-0.1, -0.05) is 0 Å². The minimum atomic E-state index is 0. The van der Waals surface area contributed by atoms with Crippen LogP contribution in [0.5, 0.6) is 0 Å². The second-order valence-corrected chi connectivity index (χ2v) is 4.22. The van der Waals surface area contributed by atoms with Crippen LogP contribution >= 0.6 is 12.4 Å². The molecule has 1 heterocycles. The topological polar surface area (TPSA) is 39.1 Å². The minimum Gasteiger partial charge on any atom is -0.380 e. The third kappa shape index (κ3) is 4.96. The molecular formula is C11H20ClN3O. The number of hydrogen-bond donors (Lipinski definition) is 1. The fourth-order valence-electron chi connectivity index (χ4n) is 1.47. The van der Waals surface area contributed by atoms with Gasteiger partial charge in [-0.05, 0) is 18.8 Å². The molecule has 0 bridgehead atoms. The van der Waals surface area contributed by atoms with Crippen molar-refractivity contribution in [2.75, 3.05) is 19.8 Å². The maximum atomic E-state index is 5.52. The molecule has 0 radical (unpaired) electrons. The molecule has 2 rings (SSSR count). The second kappa shape index (κ2) is 6.89. The Morgan fingerprint density at radius 1 is 1.56 bits per heavy atom. The van der Waals surface area contributed by atoms with E-state index >= 15 is 0 Å². The predicted octanol–water partition coefficient (Wildman–Crippen LogP) is 1.36. The summed E-state index contributed by atoms with van der Waals surface area (Å²) in [6.45, 7) is 3.56. The number of nitrogens with one attached hydrogen (secondary N) is 1. The van der Waals surface area contributed by atoms with E-state index in [1.165, 1.54) is 18.4 Å². The van der Waals surface area contributed by atoms with Gasteiger partial charge in [-0.15, -0.1) is 12.4 Å². The molecule has 4 nitrogen and oxygen atoms in total. The maximum absolute atomic E-state index is 5.52. The normalized spacial score (nSPS) is 14.8. The lowest BCUT2D eigenvalue weighted by molar-refractivity contribution is 0.126. The quantitative estimate of drug-likeness (QED) is 0.738. The second-order valence-electron chi connectivity index (χ2n) is 4.22. The number of aryl methyl sites for hydroxylation is 1. The van der Waals surface area contributed by atoms with Crippen LogP contribution in [0.1, 0.15) is 18.4 Å². The van der Waals surface area contributed by atoms with E-state index in [-0.39, 0.29) is 12.4 Å². The summed E-state index contributed by atoms with van der Waals surface area (Å²) in [5, 5.41) is 7.44. The highest BCUT2D eigenvalue weighted by molar-refractivity contribution is 5.85. The lowest BCUT2D eigenvalue weighted by Gasteiger charge is -2.04. The Bertz CT molecular complexity index is 299. The molecule has 1 N–H and O–H groups in total. The molecule has 1 saturated carbocycles. The van der Waals surface area contributed by atoms with Crippen LogP contribution in [0, 0.1) is 5.92 Å². The highest BCUT2D eigenvalue weighted by atomic mass is 35.5. The Hall–Kier alpha value is -0.580. The van der Waals surface area contributed by atoms with Crippen molar-refractivity contribution in [1.82, 2.24) is 15.1 Å². The summed E-state index contributed by atoms with van der Waals surface area (Å²) in [4.78, 5) is 0. The summed E-state index contributed by atoms with van der Waals surface area (Å²) in [5.41, 5.74) is 1.22. The molecule has 5 heteroatoms. The molecule has 0 saturated heterocycles. The molecule has 0 unspecified atom stereocenters. The molecule has 1 aromatic rings. The molecule has 1 fully saturated rings. The van der Waals surface area contributed by atoms with Crippen LogP contribution in [0.3, 0.4) is 0 Å². The van der Waals surface area contributed by atoms with Crippen LogP contribution in [0.2, 0.25) is 0 Å². The van der Waals surface area contributed by atoms with Crippen molar-refractivity contribution in [3.63, 3.8) is 0 Å². The van der Waals surface area contributed by atoms with Gasteiger partial charge in [-0.3, -0.25) is 4.68 Å². The first-order valence-electron chi connectivity index (χ1n) is 5.60. The predicted molar refractivity (Wildman–Crippen MR) is 65.7 cm³/mol. The molecule has 92 valence electrons. The molecule has 0 spiro atoms. The first-order valence-corrected chi connectivity index (χ1v) is 5.60. The van der Waals surface area contributed by atoms with Crippen LogP contribution in [-0.2, 0) is 18.3 Å². The standard InChI is InChI=1S/C11H19N3O.ClH/c1-14-8-11(7-13-14)6-12-4-5-15-9-10-2-3-10;/h7-8,10,12H,2-6,9H2,1H3;1H. The number of rotatable bonds is 7. The molecule has 0 amide bonds. The average Bonchev–Trinajstić information content (AvgIpc) is 2.95. The van der Waals surface area contributed by atoms with Gasteiger partial charge < -0.3 is 10.1 Å². The van der Waals surface area contributed by atoms with Crippen molar-refractivity contribution >= 4 is 12.4 Å². The highest BCUT2D eigenvalue weighted by Gasteiger charge is 2.20. The fraction of sp³-hybridized carbons (Fsp3) is 0.727. The van der Waals surface area contributed by atoms with E-state index in [1.54, 1.807) is 0 Å². The summed E-state index contributed by atoms with van der Waals surface area (Å²) in [5.74, 6) is 0.864. The van der Waals surface area contributed by atoms with E-state index in [0.29, 0.717) is 0 Å². The Morgan fingerprint density at radius 3 is 3.00 bits per heavy atom. The molecule has 0 aliphatic heterocycles. The van der Waals surface area contributed by atoms with Crippen molar-refractivity contribution in [2.45, 2.75) is 19.4 Å². The Kier molecular flexibility index (Phi) is 5.80. The number of aromatic nitrogens is 2. The number of ether oxygens (including phenoxy) is 1. The lowest BCUT2D eigenvalue weighted by Crippen LogP contribution is -2.19. The SMILES string of the molecule is Cl.Cn1cc(CNCCOCC2CC2)cn1. The van der Waals surface area contributed by atoms with Crippen molar-refractivity contribution in [2.24, 2.45) is 13.0 Å². The fourth-order valence-corrected chi connectivity index (χ4v) is 1.47.